The minimum absolute atomic E-state index is 0.407. The van der Waals surface area contributed by atoms with E-state index in [1.807, 2.05) is 17.9 Å². The summed E-state index contributed by atoms with van der Waals surface area (Å²) in [5, 5.41) is 7.78. The summed E-state index contributed by atoms with van der Waals surface area (Å²) in [5.41, 5.74) is 1.27. The van der Waals surface area contributed by atoms with Crippen molar-refractivity contribution < 1.29 is 4.74 Å². The van der Waals surface area contributed by atoms with Gasteiger partial charge in [0, 0.05) is 32.5 Å². The molecule has 2 unspecified atom stereocenters. The van der Waals surface area contributed by atoms with E-state index in [0.717, 1.165) is 26.2 Å². The lowest BCUT2D eigenvalue weighted by Crippen LogP contribution is -2.25. The Morgan fingerprint density at radius 1 is 1.69 bits per heavy atom. The molecular weight excluding hydrogens is 202 g/mol. The van der Waals surface area contributed by atoms with Gasteiger partial charge in [0.25, 0.3) is 0 Å². The number of hydrogen-bond acceptors (Lipinski definition) is 3. The SMILES string of the molecule is CCNC(CC1CCOC1)c1ccnn1C. The molecule has 0 bridgehead atoms. The van der Waals surface area contributed by atoms with Gasteiger partial charge >= 0.3 is 0 Å². The van der Waals surface area contributed by atoms with Crippen LogP contribution in [-0.4, -0.2) is 29.5 Å². The highest BCUT2D eigenvalue weighted by Gasteiger charge is 2.22. The van der Waals surface area contributed by atoms with E-state index in [9.17, 15) is 0 Å². The summed E-state index contributed by atoms with van der Waals surface area (Å²) in [6, 6.07) is 2.51. The highest BCUT2D eigenvalue weighted by Crippen LogP contribution is 2.25. The van der Waals surface area contributed by atoms with Crippen LogP contribution in [0.3, 0.4) is 0 Å². The van der Waals surface area contributed by atoms with Gasteiger partial charge in [-0.3, -0.25) is 4.68 Å². The summed E-state index contributed by atoms with van der Waals surface area (Å²) < 4.78 is 7.39. The highest BCUT2D eigenvalue weighted by molar-refractivity contribution is 5.07. The van der Waals surface area contributed by atoms with E-state index in [1.165, 1.54) is 12.1 Å². The van der Waals surface area contributed by atoms with E-state index in [0.29, 0.717) is 12.0 Å². The molecule has 1 aliphatic heterocycles. The zero-order chi connectivity index (χ0) is 11.4. The van der Waals surface area contributed by atoms with Crippen LogP contribution in [0.15, 0.2) is 12.3 Å². The normalized spacial score (nSPS) is 22.5. The number of aryl methyl sites for hydroxylation is 1. The first-order chi connectivity index (χ1) is 7.81. The summed E-state index contributed by atoms with van der Waals surface area (Å²) in [5.74, 6) is 0.693. The van der Waals surface area contributed by atoms with Crippen LogP contribution in [0.5, 0.6) is 0 Å². The fraction of sp³-hybridized carbons (Fsp3) is 0.750. The molecule has 0 radical (unpaired) electrons. The number of aromatic nitrogens is 2. The second kappa shape index (κ2) is 5.46. The molecule has 0 amide bonds. The maximum Gasteiger partial charge on any atom is 0.0550 e. The van der Waals surface area contributed by atoms with Crippen molar-refractivity contribution in [3.63, 3.8) is 0 Å². The molecule has 1 aliphatic rings. The zero-order valence-electron chi connectivity index (χ0n) is 10.1. The van der Waals surface area contributed by atoms with Gasteiger partial charge < -0.3 is 10.1 Å². The number of nitrogens with zero attached hydrogens (tertiary/aromatic N) is 2. The number of ether oxygens (including phenoxy) is 1. The van der Waals surface area contributed by atoms with Crippen molar-refractivity contribution in [3.05, 3.63) is 18.0 Å². The summed E-state index contributed by atoms with van der Waals surface area (Å²) in [6.45, 7) is 4.98. The van der Waals surface area contributed by atoms with Crippen molar-refractivity contribution in [2.45, 2.75) is 25.8 Å². The minimum atomic E-state index is 0.407. The first kappa shape index (κ1) is 11.6. The fourth-order valence-corrected chi connectivity index (χ4v) is 2.38. The number of hydrogen-bond donors (Lipinski definition) is 1. The van der Waals surface area contributed by atoms with Crippen LogP contribution in [-0.2, 0) is 11.8 Å². The molecule has 0 aliphatic carbocycles. The summed E-state index contributed by atoms with van der Waals surface area (Å²) in [7, 11) is 2.00. The number of rotatable bonds is 5. The van der Waals surface area contributed by atoms with E-state index >= 15 is 0 Å². The largest absolute Gasteiger partial charge is 0.381 e. The Morgan fingerprint density at radius 2 is 2.56 bits per heavy atom. The third-order valence-corrected chi connectivity index (χ3v) is 3.26. The molecule has 0 spiro atoms. The van der Waals surface area contributed by atoms with Gasteiger partial charge in [-0.1, -0.05) is 6.92 Å². The quantitative estimate of drug-likeness (QED) is 0.822. The monoisotopic (exact) mass is 223 g/mol. The van der Waals surface area contributed by atoms with Gasteiger partial charge in [0.2, 0.25) is 0 Å². The van der Waals surface area contributed by atoms with E-state index in [1.54, 1.807) is 0 Å². The van der Waals surface area contributed by atoms with Crippen molar-refractivity contribution in [1.82, 2.24) is 15.1 Å². The third kappa shape index (κ3) is 2.62. The Labute approximate surface area is 97.0 Å². The van der Waals surface area contributed by atoms with Gasteiger partial charge in [-0.05, 0) is 31.4 Å². The molecule has 4 nitrogen and oxygen atoms in total. The van der Waals surface area contributed by atoms with E-state index in [-0.39, 0.29) is 0 Å². The second-order valence-electron chi connectivity index (χ2n) is 4.46. The molecule has 1 aromatic heterocycles. The molecule has 90 valence electrons. The molecule has 1 N–H and O–H groups in total. The van der Waals surface area contributed by atoms with Crippen LogP contribution in [0.2, 0.25) is 0 Å². The van der Waals surface area contributed by atoms with E-state index in [2.05, 4.69) is 23.4 Å². The van der Waals surface area contributed by atoms with E-state index in [4.69, 9.17) is 4.74 Å². The molecule has 1 aromatic rings. The molecule has 0 saturated carbocycles. The average Bonchev–Trinajstić information content (AvgIpc) is 2.88. The standard InChI is InChI=1S/C12H21N3O/c1-3-13-11(8-10-5-7-16-9-10)12-4-6-14-15(12)2/h4,6,10-11,13H,3,5,7-9H2,1-2H3. The third-order valence-electron chi connectivity index (χ3n) is 3.26. The van der Waals surface area contributed by atoms with Crippen LogP contribution < -0.4 is 5.32 Å². The summed E-state index contributed by atoms with van der Waals surface area (Å²) in [6.07, 6.45) is 4.21. The van der Waals surface area contributed by atoms with Gasteiger partial charge in [0.1, 0.15) is 0 Å². The smallest absolute Gasteiger partial charge is 0.0550 e. The highest BCUT2D eigenvalue weighted by atomic mass is 16.5. The molecule has 1 saturated heterocycles. The minimum Gasteiger partial charge on any atom is -0.381 e. The molecule has 16 heavy (non-hydrogen) atoms. The maximum absolute atomic E-state index is 5.43. The maximum atomic E-state index is 5.43. The Bertz CT molecular complexity index is 318. The molecule has 1 fully saturated rings. The lowest BCUT2D eigenvalue weighted by Gasteiger charge is -2.20. The fourth-order valence-electron chi connectivity index (χ4n) is 2.38. The zero-order valence-corrected chi connectivity index (χ0v) is 10.1. The van der Waals surface area contributed by atoms with Gasteiger partial charge in [0.15, 0.2) is 0 Å². The van der Waals surface area contributed by atoms with Gasteiger partial charge in [-0.15, -0.1) is 0 Å². The first-order valence-electron chi connectivity index (χ1n) is 6.10. The van der Waals surface area contributed by atoms with Crippen molar-refractivity contribution >= 4 is 0 Å². The molecule has 4 heteroatoms. The topological polar surface area (TPSA) is 39.1 Å². The first-order valence-corrected chi connectivity index (χ1v) is 6.10. The van der Waals surface area contributed by atoms with Crippen molar-refractivity contribution in [3.8, 4) is 0 Å². The molecular formula is C12H21N3O. The van der Waals surface area contributed by atoms with Crippen molar-refractivity contribution in [1.29, 1.82) is 0 Å². The molecule has 2 rings (SSSR count). The molecule has 2 heterocycles. The van der Waals surface area contributed by atoms with Crippen molar-refractivity contribution in [2.75, 3.05) is 19.8 Å². The van der Waals surface area contributed by atoms with Crippen LogP contribution in [0.25, 0.3) is 0 Å². The lowest BCUT2D eigenvalue weighted by atomic mass is 9.97. The van der Waals surface area contributed by atoms with Crippen LogP contribution in [0.4, 0.5) is 0 Å². The predicted molar refractivity (Wildman–Crippen MR) is 63.2 cm³/mol. The Morgan fingerprint density at radius 3 is 3.12 bits per heavy atom. The predicted octanol–water partition coefficient (Wildman–Crippen LogP) is 1.50. The average molecular weight is 223 g/mol. The Kier molecular flexibility index (Phi) is 3.96. The summed E-state index contributed by atoms with van der Waals surface area (Å²) >= 11 is 0. The second-order valence-corrected chi connectivity index (χ2v) is 4.46. The van der Waals surface area contributed by atoms with Gasteiger partial charge in [0.05, 0.1) is 5.69 Å². The van der Waals surface area contributed by atoms with Crippen LogP contribution in [0, 0.1) is 5.92 Å². The number of nitrogens with one attached hydrogen (secondary N) is 1. The van der Waals surface area contributed by atoms with E-state index < -0.39 is 0 Å². The lowest BCUT2D eigenvalue weighted by molar-refractivity contribution is 0.181. The Hall–Kier alpha value is -0.870. The Balaban J connectivity index is 2.01. The van der Waals surface area contributed by atoms with Crippen LogP contribution in [0.1, 0.15) is 31.5 Å². The molecule has 0 aromatic carbocycles. The van der Waals surface area contributed by atoms with Crippen LogP contribution >= 0.6 is 0 Å². The van der Waals surface area contributed by atoms with Crippen molar-refractivity contribution in [2.24, 2.45) is 13.0 Å². The van der Waals surface area contributed by atoms with Gasteiger partial charge in [-0.2, -0.15) is 5.10 Å². The summed E-state index contributed by atoms with van der Waals surface area (Å²) in [4.78, 5) is 0. The van der Waals surface area contributed by atoms with Gasteiger partial charge in [-0.25, -0.2) is 0 Å². The molecule has 2 atom stereocenters.